The Morgan fingerprint density at radius 2 is 2.11 bits per heavy atom. The lowest BCUT2D eigenvalue weighted by Gasteiger charge is -2.36. The molecule has 0 heterocycles. The number of amides is 1. The molecule has 5 heteroatoms. The lowest BCUT2D eigenvalue weighted by atomic mass is 9.75. The normalized spacial score (nSPS) is 27.6. The smallest absolute Gasteiger partial charge is 0.428 e. The maximum atomic E-state index is 11.7. The molecule has 1 aliphatic carbocycles. The van der Waals surface area contributed by atoms with Crippen molar-refractivity contribution in [2.24, 2.45) is 22.9 Å². The van der Waals surface area contributed by atoms with Crippen LogP contribution in [0.5, 0.6) is 0 Å². The van der Waals surface area contributed by atoms with Gasteiger partial charge in [0.1, 0.15) is 12.4 Å². The number of rotatable bonds is 4. The first-order valence-electron chi connectivity index (χ1n) is 7.06. The molecule has 3 atom stereocenters. The van der Waals surface area contributed by atoms with E-state index in [0.29, 0.717) is 17.8 Å². The van der Waals surface area contributed by atoms with Crippen LogP contribution in [0.15, 0.2) is 5.10 Å². The minimum absolute atomic E-state index is 0.0123. The van der Waals surface area contributed by atoms with Crippen molar-refractivity contribution in [3.8, 4) is 0 Å². The molecule has 1 rings (SSSR count). The van der Waals surface area contributed by atoms with Gasteiger partial charge in [0.05, 0.1) is 0 Å². The molecule has 0 aliphatic heterocycles. The van der Waals surface area contributed by atoms with Crippen molar-refractivity contribution in [2.75, 3.05) is 14.1 Å². The molecule has 1 aliphatic rings. The molecule has 0 aromatic carbocycles. The highest BCUT2D eigenvalue weighted by Crippen LogP contribution is 2.35. The summed E-state index contributed by atoms with van der Waals surface area (Å²) in [5.41, 5.74) is 2.40. The second kappa shape index (κ2) is 7.36. The monoisotopic (exact) mass is 269 g/mol. The van der Waals surface area contributed by atoms with Crippen molar-refractivity contribution in [1.29, 1.82) is 0 Å². The Hall–Kier alpha value is -1.26. The Kier molecular flexibility index (Phi) is 6.12. The third-order valence-corrected chi connectivity index (χ3v) is 3.66. The third kappa shape index (κ3) is 5.49. The minimum atomic E-state index is -0.456. The van der Waals surface area contributed by atoms with Gasteiger partial charge in [0.25, 0.3) is 0 Å². The highest BCUT2D eigenvalue weighted by Gasteiger charge is 2.33. The Balaban J connectivity index is 2.49. The van der Waals surface area contributed by atoms with Gasteiger partial charge in [-0.1, -0.05) is 27.2 Å². The average molecular weight is 269 g/mol. The molecular weight excluding hydrogens is 242 g/mol. The Bertz CT molecular complexity index is 316. The van der Waals surface area contributed by atoms with Crippen LogP contribution in [-0.4, -0.2) is 37.5 Å². The Morgan fingerprint density at radius 1 is 1.42 bits per heavy atom. The second-order valence-corrected chi connectivity index (χ2v) is 6.09. The van der Waals surface area contributed by atoms with E-state index in [-0.39, 0.29) is 6.10 Å². The highest BCUT2D eigenvalue weighted by atomic mass is 16.6. The maximum absolute atomic E-state index is 11.7. The lowest BCUT2D eigenvalue weighted by molar-refractivity contribution is 0.00632. The van der Waals surface area contributed by atoms with Crippen LogP contribution < -0.4 is 5.43 Å². The van der Waals surface area contributed by atoms with Crippen LogP contribution in [-0.2, 0) is 4.74 Å². The molecule has 0 aromatic heterocycles. The van der Waals surface area contributed by atoms with E-state index in [2.05, 4.69) is 31.3 Å². The number of nitrogens with zero attached hydrogens (tertiary/aromatic N) is 2. The summed E-state index contributed by atoms with van der Waals surface area (Å²) in [7, 11) is 3.68. The summed E-state index contributed by atoms with van der Waals surface area (Å²) in [6, 6.07) is 0. The van der Waals surface area contributed by atoms with Crippen molar-refractivity contribution in [3.05, 3.63) is 0 Å². The first-order valence-corrected chi connectivity index (χ1v) is 7.06. The van der Waals surface area contributed by atoms with Gasteiger partial charge in [-0.25, -0.2) is 10.2 Å². The van der Waals surface area contributed by atoms with Gasteiger partial charge in [-0.3, -0.25) is 0 Å². The fourth-order valence-electron chi connectivity index (χ4n) is 2.61. The largest absolute Gasteiger partial charge is 0.445 e. The molecule has 1 fully saturated rings. The van der Waals surface area contributed by atoms with Gasteiger partial charge < -0.3 is 9.64 Å². The predicted molar refractivity (Wildman–Crippen MR) is 76.9 cm³/mol. The summed E-state index contributed by atoms with van der Waals surface area (Å²) in [5.74, 6) is 1.62. The highest BCUT2D eigenvalue weighted by molar-refractivity contribution is 5.68. The van der Waals surface area contributed by atoms with Crippen LogP contribution in [0.3, 0.4) is 0 Å². The first kappa shape index (κ1) is 15.8. The molecule has 0 unspecified atom stereocenters. The molecule has 0 aromatic rings. The molecule has 0 bridgehead atoms. The predicted octanol–water partition coefficient (Wildman–Crippen LogP) is 2.68. The molecule has 1 saturated carbocycles. The van der Waals surface area contributed by atoms with Gasteiger partial charge in [0, 0.05) is 14.1 Å². The maximum Gasteiger partial charge on any atom is 0.428 e. The zero-order valence-corrected chi connectivity index (χ0v) is 12.7. The summed E-state index contributed by atoms with van der Waals surface area (Å²) in [4.78, 5) is 13.5. The van der Waals surface area contributed by atoms with Crippen molar-refractivity contribution in [3.63, 3.8) is 0 Å². The summed E-state index contributed by atoms with van der Waals surface area (Å²) >= 11 is 0. The molecule has 0 radical (unpaired) electrons. The van der Waals surface area contributed by atoms with Gasteiger partial charge in [0.2, 0.25) is 0 Å². The Morgan fingerprint density at radius 3 is 2.68 bits per heavy atom. The van der Waals surface area contributed by atoms with Gasteiger partial charge >= 0.3 is 6.09 Å². The van der Waals surface area contributed by atoms with E-state index in [1.807, 2.05) is 14.1 Å². The number of carbonyl (C=O) groups excluding carboxylic acids is 1. The van der Waals surface area contributed by atoms with E-state index in [1.165, 1.54) is 12.8 Å². The summed E-state index contributed by atoms with van der Waals surface area (Å²) in [6.07, 6.45) is 4.40. The van der Waals surface area contributed by atoms with E-state index >= 15 is 0 Å². The zero-order chi connectivity index (χ0) is 14.4. The van der Waals surface area contributed by atoms with E-state index in [0.717, 1.165) is 12.8 Å². The van der Waals surface area contributed by atoms with E-state index in [4.69, 9.17) is 4.74 Å². The summed E-state index contributed by atoms with van der Waals surface area (Å²) < 4.78 is 5.54. The molecule has 0 spiro atoms. The van der Waals surface area contributed by atoms with Crippen LogP contribution >= 0.6 is 0 Å². The topological polar surface area (TPSA) is 53.9 Å². The van der Waals surface area contributed by atoms with Crippen LogP contribution in [0, 0.1) is 17.8 Å². The number of ether oxygens (including phenoxy) is 1. The number of hydrogen-bond acceptors (Lipinski definition) is 3. The average Bonchev–Trinajstić information content (AvgIpc) is 2.27. The second-order valence-electron chi connectivity index (χ2n) is 6.09. The molecule has 0 saturated heterocycles. The van der Waals surface area contributed by atoms with E-state index in [9.17, 15) is 4.79 Å². The lowest BCUT2D eigenvalue weighted by Crippen LogP contribution is -2.38. The molecule has 19 heavy (non-hydrogen) atoms. The number of hydrazone groups is 1. The van der Waals surface area contributed by atoms with E-state index < -0.39 is 6.09 Å². The van der Waals surface area contributed by atoms with Crippen LogP contribution in [0.25, 0.3) is 0 Å². The van der Waals surface area contributed by atoms with E-state index in [1.54, 1.807) is 4.90 Å². The zero-order valence-electron chi connectivity index (χ0n) is 12.7. The molecule has 110 valence electrons. The fourth-order valence-corrected chi connectivity index (χ4v) is 2.61. The third-order valence-electron chi connectivity index (χ3n) is 3.66. The summed E-state index contributed by atoms with van der Waals surface area (Å²) in [6.45, 7) is 6.60. The molecule has 5 nitrogen and oxygen atoms in total. The molecular formula is C14H27N3O2. The van der Waals surface area contributed by atoms with Crippen LogP contribution in [0.1, 0.15) is 40.0 Å². The molecule has 1 N–H and O–H groups in total. The van der Waals surface area contributed by atoms with Crippen LogP contribution in [0.4, 0.5) is 4.79 Å². The standard InChI is InChI=1S/C14H27N3O2/c1-10(2)12-7-6-11(3)8-13(12)19-14(18)16-15-9-17(4)5/h9-13H,6-8H2,1-5H3,(H,16,18)/b15-9-/t11-,12-,13-/m1/s1. The number of nitrogens with one attached hydrogen (secondary N) is 1. The van der Waals surface area contributed by atoms with Gasteiger partial charge in [-0.15, -0.1) is 0 Å². The quantitative estimate of drug-likeness (QED) is 0.485. The fraction of sp³-hybridized carbons (Fsp3) is 0.857. The van der Waals surface area contributed by atoms with Crippen molar-refractivity contribution in [2.45, 2.75) is 46.1 Å². The Labute approximate surface area is 116 Å². The van der Waals surface area contributed by atoms with Gasteiger partial charge in [-0.2, -0.15) is 5.10 Å². The summed E-state index contributed by atoms with van der Waals surface area (Å²) in [5, 5.41) is 3.80. The van der Waals surface area contributed by atoms with Crippen molar-refractivity contribution in [1.82, 2.24) is 10.3 Å². The van der Waals surface area contributed by atoms with Gasteiger partial charge in [-0.05, 0) is 30.6 Å². The van der Waals surface area contributed by atoms with Crippen LogP contribution in [0.2, 0.25) is 0 Å². The van der Waals surface area contributed by atoms with Crippen molar-refractivity contribution >= 4 is 12.4 Å². The van der Waals surface area contributed by atoms with Gasteiger partial charge in [0.15, 0.2) is 0 Å². The number of hydrogen-bond donors (Lipinski definition) is 1. The number of carbonyl (C=O) groups is 1. The first-order chi connectivity index (χ1) is 8.90. The van der Waals surface area contributed by atoms with Crippen molar-refractivity contribution < 1.29 is 9.53 Å². The molecule has 1 amide bonds. The SMILES string of the molecule is CC(C)[C@H]1CC[C@@H](C)C[C@H]1OC(=O)N/N=C\N(C)C. The minimum Gasteiger partial charge on any atom is -0.445 e.